The quantitative estimate of drug-likeness (QED) is 0.421. The SMILES string of the molecule is Clc1ccc2c(N3CCN(c4ccc(CCBr)cc4)CC3)c3c(nc2c1)CCCC3. The number of nitrogens with zero attached hydrogens (tertiary/aromatic N) is 3. The van der Waals surface area contributed by atoms with E-state index in [1.807, 2.05) is 12.1 Å². The molecule has 0 radical (unpaired) electrons. The zero-order valence-corrected chi connectivity index (χ0v) is 19.6. The summed E-state index contributed by atoms with van der Waals surface area (Å²) in [7, 11) is 0. The normalized spacial score (nSPS) is 16.7. The van der Waals surface area contributed by atoms with Gasteiger partial charge in [0.05, 0.1) is 11.2 Å². The number of anilines is 2. The van der Waals surface area contributed by atoms with Gasteiger partial charge < -0.3 is 9.80 Å². The molecular formula is C25H27BrClN3. The molecule has 1 aliphatic heterocycles. The molecule has 30 heavy (non-hydrogen) atoms. The van der Waals surface area contributed by atoms with Crippen LogP contribution in [0.15, 0.2) is 42.5 Å². The number of piperazine rings is 1. The number of fused-ring (bicyclic) bond motifs is 2. The first-order valence-corrected chi connectivity index (χ1v) is 12.5. The van der Waals surface area contributed by atoms with E-state index in [1.165, 1.54) is 46.4 Å². The van der Waals surface area contributed by atoms with Gasteiger partial charge in [0.1, 0.15) is 0 Å². The fraction of sp³-hybridized carbons (Fsp3) is 0.400. The second kappa shape index (κ2) is 8.76. The molecule has 2 aliphatic rings. The van der Waals surface area contributed by atoms with Gasteiger partial charge in [0, 0.05) is 53.3 Å². The van der Waals surface area contributed by atoms with Crippen LogP contribution >= 0.6 is 27.5 Å². The average Bonchev–Trinajstić information content (AvgIpc) is 2.78. The van der Waals surface area contributed by atoms with Crippen LogP contribution in [0.1, 0.15) is 29.7 Å². The summed E-state index contributed by atoms with van der Waals surface area (Å²) in [5.74, 6) is 0. The molecule has 3 nitrogen and oxygen atoms in total. The van der Waals surface area contributed by atoms with E-state index in [4.69, 9.17) is 16.6 Å². The highest BCUT2D eigenvalue weighted by Gasteiger charge is 2.25. The molecule has 0 N–H and O–H groups in total. The highest BCUT2D eigenvalue weighted by Crippen LogP contribution is 2.37. The molecule has 2 aromatic carbocycles. The monoisotopic (exact) mass is 483 g/mol. The molecule has 1 fully saturated rings. The summed E-state index contributed by atoms with van der Waals surface area (Å²) in [6, 6.07) is 15.3. The van der Waals surface area contributed by atoms with Gasteiger partial charge in [0.2, 0.25) is 0 Å². The minimum absolute atomic E-state index is 0.768. The van der Waals surface area contributed by atoms with Crippen molar-refractivity contribution in [2.75, 3.05) is 41.3 Å². The molecule has 0 atom stereocenters. The molecule has 0 saturated carbocycles. The first-order chi connectivity index (χ1) is 14.7. The van der Waals surface area contributed by atoms with Gasteiger partial charge in [-0.05, 0) is 73.6 Å². The third kappa shape index (κ3) is 3.92. The van der Waals surface area contributed by atoms with Crippen molar-refractivity contribution in [3.8, 4) is 0 Å². The Morgan fingerprint density at radius 1 is 0.900 bits per heavy atom. The van der Waals surface area contributed by atoms with Gasteiger partial charge in [-0.2, -0.15) is 0 Å². The predicted molar refractivity (Wildman–Crippen MR) is 132 cm³/mol. The van der Waals surface area contributed by atoms with E-state index in [9.17, 15) is 0 Å². The summed E-state index contributed by atoms with van der Waals surface area (Å²) < 4.78 is 0. The van der Waals surface area contributed by atoms with E-state index in [-0.39, 0.29) is 0 Å². The van der Waals surface area contributed by atoms with Crippen molar-refractivity contribution in [2.24, 2.45) is 0 Å². The Bertz CT molecular complexity index is 1040. The molecule has 0 amide bonds. The van der Waals surface area contributed by atoms with Gasteiger partial charge in [-0.1, -0.05) is 39.7 Å². The zero-order valence-electron chi connectivity index (χ0n) is 17.2. The molecule has 156 valence electrons. The predicted octanol–water partition coefficient (Wildman–Crippen LogP) is 6.03. The van der Waals surface area contributed by atoms with E-state index < -0.39 is 0 Å². The molecule has 1 aromatic heterocycles. The van der Waals surface area contributed by atoms with Crippen molar-refractivity contribution in [3.63, 3.8) is 0 Å². The van der Waals surface area contributed by atoms with Crippen molar-refractivity contribution in [2.45, 2.75) is 32.1 Å². The van der Waals surface area contributed by atoms with Crippen molar-refractivity contribution < 1.29 is 0 Å². The Hall–Kier alpha value is -1.78. The Labute approximate surface area is 192 Å². The van der Waals surface area contributed by atoms with E-state index in [0.29, 0.717) is 0 Å². The van der Waals surface area contributed by atoms with Crippen LogP contribution in [0.25, 0.3) is 10.9 Å². The van der Waals surface area contributed by atoms with Crippen molar-refractivity contribution in [1.82, 2.24) is 4.98 Å². The second-order valence-corrected chi connectivity index (χ2v) is 9.56. The molecule has 0 unspecified atom stereocenters. The molecule has 2 heterocycles. The van der Waals surface area contributed by atoms with E-state index in [1.54, 1.807) is 0 Å². The molecule has 5 rings (SSSR count). The fourth-order valence-electron chi connectivity index (χ4n) is 4.91. The van der Waals surface area contributed by atoms with Crippen LogP contribution in [-0.4, -0.2) is 36.5 Å². The van der Waals surface area contributed by atoms with Gasteiger partial charge in [-0.15, -0.1) is 0 Å². The minimum Gasteiger partial charge on any atom is -0.368 e. The summed E-state index contributed by atoms with van der Waals surface area (Å²) in [6.45, 7) is 4.17. The molecule has 5 heteroatoms. The van der Waals surface area contributed by atoms with Crippen LogP contribution in [0.3, 0.4) is 0 Å². The maximum Gasteiger partial charge on any atom is 0.0741 e. The third-order valence-corrected chi connectivity index (χ3v) is 7.11. The molecule has 1 aliphatic carbocycles. The second-order valence-electron chi connectivity index (χ2n) is 8.33. The lowest BCUT2D eigenvalue weighted by Gasteiger charge is -2.39. The number of hydrogen-bond donors (Lipinski definition) is 0. The van der Waals surface area contributed by atoms with Gasteiger partial charge in [0.15, 0.2) is 0 Å². The topological polar surface area (TPSA) is 19.4 Å². The Balaban J connectivity index is 1.42. The summed E-state index contributed by atoms with van der Waals surface area (Å²) >= 11 is 9.82. The van der Waals surface area contributed by atoms with Crippen LogP contribution in [0.5, 0.6) is 0 Å². The Morgan fingerprint density at radius 3 is 2.40 bits per heavy atom. The number of alkyl halides is 1. The van der Waals surface area contributed by atoms with E-state index in [2.05, 4.69) is 56.1 Å². The van der Waals surface area contributed by atoms with Crippen LogP contribution in [0, 0.1) is 0 Å². The lowest BCUT2D eigenvalue weighted by atomic mass is 9.92. The minimum atomic E-state index is 0.768. The summed E-state index contributed by atoms with van der Waals surface area (Å²) in [4.78, 5) is 10.1. The number of aromatic nitrogens is 1. The number of benzene rings is 2. The maximum atomic E-state index is 6.29. The Kier molecular flexibility index (Phi) is 5.88. The molecular weight excluding hydrogens is 458 g/mol. The van der Waals surface area contributed by atoms with Crippen molar-refractivity contribution >= 4 is 49.8 Å². The number of aryl methyl sites for hydroxylation is 2. The lowest BCUT2D eigenvalue weighted by Crippen LogP contribution is -2.47. The summed E-state index contributed by atoms with van der Waals surface area (Å²) in [5.41, 5.74) is 7.95. The smallest absolute Gasteiger partial charge is 0.0741 e. The third-order valence-electron chi connectivity index (χ3n) is 6.48. The van der Waals surface area contributed by atoms with Crippen molar-refractivity contribution in [3.05, 3.63) is 64.3 Å². The number of halogens is 2. The van der Waals surface area contributed by atoms with Gasteiger partial charge in [-0.3, -0.25) is 4.98 Å². The van der Waals surface area contributed by atoms with Crippen molar-refractivity contribution in [1.29, 1.82) is 0 Å². The first-order valence-electron chi connectivity index (χ1n) is 11.0. The molecule has 3 aromatic rings. The highest BCUT2D eigenvalue weighted by molar-refractivity contribution is 9.09. The zero-order chi connectivity index (χ0) is 20.5. The van der Waals surface area contributed by atoms with Gasteiger partial charge >= 0.3 is 0 Å². The van der Waals surface area contributed by atoms with Crippen LogP contribution < -0.4 is 9.80 Å². The number of hydrogen-bond acceptors (Lipinski definition) is 3. The number of rotatable bonds is 4. The van der Waals surface area contributed by atoms with E-state index in [0.717, 1.165) is 61.3 Å². The molecule has 0 spiro atoms. The van der Waals surface area contributed by atoms with Gasteiger partial charge in [-0.25, -0.2) is 0 Å². The first kappa shape index (κ1) is 20.1. The Morgan fingerprint density at radius 2 is 1.63 bits per heavy atom. The van der Waals surface area contributed by atoms with Crippen LogP contribution in [0.2, 0.25) is 5.02 Å². The van der Waals surface area contributed by atoms with E-state index >= 15 is 0 Å². The lowest BCUT2D eigenvalue weighted by molar-refractivity contribution is 0.636. The van der Waals surface area contributed by atoms with Gasteiger partial charge in [0.25, 0.3) is 0 Å². The standard InChI is InChI=1S/C25H27BrClN3/c26-12-11-18-5-8-20(9-6-18)29-13-15-30(16-14-29)25-21-3-1-2-4-23(21)28-24-17-19(27)7-10-22(24)25/h5-10,17H,1-4,11-16H2. The van der Waals surface area contributed by atoms with Crippen LogP contribution in [0.4, 0.5) is 11.4 Å². The summed E-state index contributed by atoms with van der Waals surface area (Å²) in [6.07, 6.45) is 5.82. The summed E-state index contributed by atoms with van der Waals surface area (Å²) in [5, 5.41) is 3.04. The maximum absolute atomic E-state index is 6.29. The average molecular weight is 485 g/mol. The molecule has 1 saturated heterocycles. The number of pyridine rings is 1. The molecule has 0 bridgehead atoms. The largest absolute Gasteiger partial charge is 0.368 e. The highest BCUT2D eigenvalue weighted by atomic mass is 79.9. The fourth-order valence-corrected chi connectivity index (χ4v) is 5.53. The van der Waals surface area contributed by atoms with Crippen LogP contribution in [-0.2, 0) is 19.3 Å².